The molecule has 0 amide bonds. The second kappa shape index (κ2) is 12.9. The van der Waals surface area contributed by atoms with E-state index in [1.807, 2.05) is 17.4 Å². The van der Waals surface area contributed by atoms with Crippen molar-refractivity contribution in [3.8, 4) is 39.7 Å². The fourth-order valence-electron chi connectivity index (χ4n) is 9.47. The van der Waals surface area contributed by atoms with Gasteiger partial charge in [-0.25, -0.2) is 15.0 Å². The molecule has 0 fully saturated rings. The number of rotatable bonds is 4. The van der Waals surface area contributed by atoms with E-state index in [1.165, 1.54) is 63.3 Å². The van der Waals surface area contributed by atoms with E-state index in [4.69, 9.17) is 15.0 Å². The van der Waals surface area contributed by atoms with Gasteiger partial charge in [0.05, 0.1) is 27.9 Å². The first kappa shape index (κ1) is 33.3. The molecule has 4 nitrogen and oxygen atoms in total. The van der Waals surface area contributed by atoms with Crippen LogP contribution >= 0.6 is 11.3 Å². The van der Waals surface area contributed by atoms with Gasteiger partial charge in [-0.05, 0) is 62.6 Å². The fraction of sp³-hybridized carbons (Fsp3) is 0. The van der Waals surface area contributed by atoms with Gasteiger partial charge in [0.15, 0.2) is 5.82 Å². The highest BCUT2D eigenvalue weighted by Gasteiger charge is 2.20. The Bertz CT molecular complexity index is 3810. The lowest BCUT2D eigenvalue weighted by Gasteiger charge is -2.14. The van der Waals surface area contributed by atoms with Gasteiger partial charge in [-0.15, -0.1) is 11.3 Å². The van der Waals surface area contributed by atoms with Crippen LogP contribution in [0.1, 0.15) is 0 Å². The van der Waals surface area contributed by atoms with E-state index in [0.29, 0.717) is 5.82 Å². The molecule has 0 spiro atoms. The van der Waals surface area contributed by atoms with E-state index in [2.05, 4.69) is 193 Å². The van der Waals surface area contributed by atoms with Crippen LogP contribution < -0.4 is 0 Å². The van der Waals surface area contributed by atoms with E-state index >= 15 is 0 Å². The third-order valence-corrected chi connectivity index (χ3v) is 13.4. The van der Waals surface area contributed by atoms with E-state index in [9.17, 15) is 0 Å². The molecular weight excluding hydrogens is 749 g/mol. The Balaban J connectivity index is 1.07. The second-order valence-electron chi connectivity index (χ2n) is 15.5. The Labute approximate surface area is 348 Å². The predicted octanol–water partition coefficient (Wildman–Crippen LogP) is 15.0. The van der Waals surface area contributed by atoms with E-state index in [-0.39, 0.29) is 0 Å². The quantitative estimate of drug-likeness (QED) is 0.167. The molecule has 0 aliphatic rings. The molecule has 13 aromatic rings. The van der Waals surface area contributed by atoms with Crippen LogP contribution in [-0.2, 0) is 0 Å². The number of thiophene rings is 1. The topological polar surface area (TPSA) is 43.6 Å². The van der Waals surface area contributed by atoms with E-state index in [0.717, 1.165) is 55.8 Å². The number of benzene rings is 9. The predicted molar refractivity (Wildman–Crippen MR) is 253 cm³/mol. The number of hydrogen-bond donors (Lipinski definition) is 0. The number of pyridine rings is 1. The summed E-state index contributed by atoms with van der Waals surface area (Å²) in [6.45, 7) is 0. The summed E-state index contributed by atoms with van der Waals surface area (Å²) in [6.07, 6.45) is 0. The van der Waals surface area contributed by atoms with Crippen LogP contribution in [0.25, 0.3) is 125 Å². The number of hydrogen-bond acceptors (Lipinski definition) is 4. The van der Waals surface area contributed by atoms with Crippen molar-refractivity contribution in [3.05, 3.63) is 194 Å². The lowest BCUT2D eigenvalue weighted by atomic mass is 9.92. The monoisotopic (exact) mass is 780 g/mol. The normalized spacial score (nSPS) is 12.0. The molecule has 278 valence electrons. The smallest absolute Gasteiger partial charge is 0.162 e. The van der Waals surface area contributed by atoms with Crippen LogP contribution in [0.3, 0.4) is 0 Å². The van der Waals surface area contributed by atoms with Crippen molar-refractivity contribution in [3.63, 3.8) is 0 Å². The minimum atomic E-state index is 0.652. The maximum Gasteiger partial charge on any atom is 0.162 e. The molecule has 9 aromatic carbocycles. The van der Waals surface area contributed by atoms with Crippen molar-refractivity contribution in [1.82, 2.24) is 19.5 Å². The summed E-state index contributed by atoms with van der Waals surface area (Å²) in [7, 11) is 0. The van der Waals surface area contributed by atoms with Gasteiger partial charge in [0.1, 0.15) is 5.82 Å². The molecule has 13 rings (SSSR count). The molecule has 4 heterocycles. The van der Waals surface area contributed by atoms with Gasteiger partial charge in [0, 0.05) is 59.1 Å². The first-order chi connectivity index (χ1) is 29.7. The zero-order valence-corrected chi connectivity index (χ0v) is 33.0. The number of aromatic nitrogens is 4. The Kier molecular flexibility index (Phi) is 7.14. The van der Waals surface area contributed by atoms with Crippen molar-refractivity contribution in [2.45, 2.75) is 0 Å². The number of nitrogens with zero attached hydrogens (tertiary/aromatic N) is 4. The summed E-state index contributed by atoms with van der Waals surface area (Å²) >= 11 is 1.84. The van der Waals surface area contributed by atoms with Crippen molar-refractivity contribution in [1.29, 1.82) is 0 Å². The largest absolute Gasteiger partial charge is 0.294 e. The van der Waals surface area contributed by atoms with Crippen LogP contribution in [-0.4, -0.2) is 19.5 Å². The number of fused-ring (bicyclic) bond motifs is 14. The zero-order valence-electron chi connectivity index (χ0n) is 32.2. The molecule has 0 aliphatic carbocycles. The molecular formula is C55H32N4S. The summed E-state index contributed by atoms with van der Waals surface area (Å²) in [6, 6.07) is 69.4. The van der Waals surface area contributed by atoms with Crippen molar-refractivity contribution in [2.75, 3.05) is 0 Å². The van der Waals surface area contributed by atoms with Gasteiger partial charge < -0.3 is 0 Å². The Hall–Kier alpha value is -7.73. The molecule has 0 N–H and O–H groups in total. The third kappa shape index (κ3) is 4.93. The first-order valence-electron chi connectivity index (χ1n) is 20.3. The average molecular weight is 781 g/mol. The Morgan fingerprint density at radius 3 is 1.62 bits per heavy atom. The van der Waals surface area contributed by atoms with Gasteiger partial charge in [-0.3, -0.25) is 4.57 Å². The Morgan fingerprint density at radius 1 is 0.367 bits per heavy atom. The lowest BCUT2D eigenvalue weighted by molar-refractivity contribution is 1.05. The summed E-state index contributed by atoms with van der Waals surface area (Å²) in [4.78, 5) is 16.2. The molecule has 0 saturated carbocycles. The maximum atomic E-state index is 5.61. The lowest BCUT2D eigenvalue weighted by Crippen LogP contribution is -2.02. The van der Waals surface area contributed by atoms with Gasteiger partial charge in [0.2, 0.25) is 0 Å². The fourth-order valence-corrected chi connectivity index (χ4v) is 10.7. The summed E-state index contributed by atoms with van der Waals surface area (Å²) in [5.41, 5.74) is 8.02. The molecule has 0 unspecified atom stereocenters. The van der Waals surface area contributed by atoms with Gasteiger partial charge in [-0.1, -0.05) is 158 Å². The molecule has 0 bridgehead atoms. The third-order valence-electron chi connectivity index (χ3n) is 12.2. The highest BCUT2D eigenvalue weighted by molar-refractivity contribution is 7.26. The van der Waals surface area contributed by atoms with Gasteiger partial charge >= 0.3 is 0 Å². The molecule has 0 aliphatic heterocycles. The zero-order chi connectivity index (χ0) is 39.3. The summed E-state index contributed by atoms with van der Waals surface area (Å²) < 4.78 is 4.75. The van der Waals surface area contributed by atoms with Crippen molar-refractivity contribution < 1.29 is 0 Å². The van der Waals surface area contributed by atoms with E-state index in [1.54, 1.807) is 0 Å². The molecule has 5 heteroatoms. The molecule has 0 radical (unpaired) electrons. The average Bonchev–Trinajstić information content (AvgIpc) is 3.88. The molecule has 0 atom stereocenters. The minimum Gasteiger partial charge on any atom is -0.294 e. The Morgan fingerprint density at radius 2 is 0.917 bits per heavy atom. The number of para-hydroxylation sites is 2. The van der Waals surface area contributed by atoms with Crippen LogP contribution in [0, 0.1) is 0 Å². The van der Waals surface area contributed by atoms with Crippen LogP contribution in [0.4, 0.5) is 0 Å². The van der Waals surface area contributed by atoms with Crippen LogP contribution in [0.5, 0.6) is 0 Å². The van der Waals surface area contributed by atoms with Crippen LogP contribution in [0.15, 0.2) is 194 Å². The molecule has 0 saturated heterocycles. The maximum absolute atomic E-state index is 5.61. The molecule has 60 heavy (non-hydrogen) atoms. The second-order valence-corrected chi connectivity index (χ2v) is 16.6. The summed E-state index contributed by atoms with van der Waals surface area (Å²) in [5, 5.41) is 13.5. The van der Waals surface area contributed by atoms with Crippen molar-refractivity contribution >= 4 is 96.5 Å². The highest BCUT2D eigenvalue weighted by Crippen LogP contribution is 2.45. The van der Waals surface area contributed by atoms with Crippen molar-refractivity contribution in [2.24, 2.45) is 0 Å². The standard InChI is InChI=1S/C55H32N4S/c1-2-14-33(15-3-1)46-32-51(59-48-23-11-8-20-41(48)42-21-9-12-24-49(42)59)58-55(57-46)35-27-29-43-47(31-35)56-53(52-44-22-10-13-25-50(44)60-54(43)52)34-26-28-40-38-18-5-4-16-36(38)37-17-6-7-19-39(37)45(40)30-34/h1-32H. The minimum absolute atomic E-state index is 0.652. The first-order valence-corrected chi connectivity index (χ1v) is 21.1. The van der Waals surface area contributed by atoms with Gasteiger partial charge in [-0.2, -0.15) is 0 Å². The van der Waals surface area contributed by atoms with E-state index < -0.39 is 0 Å². The molecule has 4 aromatic heterocycles. The summed E-state index contributed by atoms with van der Waals surface area (Å²) in [5.74, 6) is 1.47. The van der Waals surface area contributed by atoms with Crippen LogP contribution in [0.2, 0.25) is 0 Å². The highest BCUT2D eigenvalue weighted by atomic mass is 32.1. The SMILES string of the molecule is c1ccc(-c2cc(-n3c4ccccc4c4ccccc43)nc(-c3ccc4c(c3)nc(-c3ccc5c6ccccc6c6ccccc6c5c3)c3c5ccccc5sc43)n2)cc1. The van der Waals surface area contributed by atoms with Gasteiger partial charge in [0.25, 0.3) is 0 Å².